The highest BCUT2D eigenvalue weighted by Crippen LogP contribution is 2.36. The lowest BCUT2D eigenvalue weighted by Crippen LogP contribution is -2.25. The number of nitro groups is 3. The van der Waals surface area contributed by atoms with E-state index in [-0.39, 0.29) is 22.8 Å². The molecule has 0 amide bonds. The lowest BCUT2D eigenvalue weighted by Gasteiger charge is -2.10. The van der Waals surface area contributed by atoms with Crippen LogP contribution in [-0.2, 0) is 0 Å². The van der Waals surface area contributed by atoms with Gasteiger partial charge in [0.15, 0.2) is 0 Å². The molecule has 33 heavy (non-hydrogen) atoms. The van der Waals surface area contributed by atoms with Gasteiger partial charge in [0, 0.05) is 16.1 Å². The van der Waals surface area contributed by atoms with E-state index in [1.165, 1.54) is 18.2 Å². The minimum Gasteiger partial charge on any atom is -0.449 e. The minimum absolute atomic E-state index is 0.0428. The van der Waals surface area contributed by atoms with Crippen molar-refractivity contribution in [3.05, 3.63) is 103 Å². The normalized spacial score (nSPS) is 10.8. The van der Waals surface area contributed by atoms with Crippen LogP contribution in [0.1, 0.15) is 11.3 Å². The molecule has 2 N–H and O–H groups in total. The van der Waals surface area contributed by atoms with Gasteiger partial charge in [0.05, 0.1) is 20.8 Å². The van der Waals surface area contributed by atoms with Crippen molar-refractivity contribution < 1.29 is 19.5 Å². The molecule has 0 bridgehead atoms. The highest BCUT2D eigenvalue weighted by molar-refractivity contribution is 9.10. The van der Waals surface area contributed by atoms with Gasteiger partial charge in [0.1, 0.15) is 11.4 Å². The molecule has 0 saturated carbocycles. The van der Waals surface area contributed by atoms with Gasteiger partial charge >= 0.3 is 22.6 Å². The number of benzene rings is 2. The Balaban J connectivity index is 2.08. The number of rotatable bonds is 7. The minimum atomic E-state index is -1.20. The summed E-state index contributed by atoms with van der Waals surface area (Å²) < 4.78 is 6.14. The summed E-state index contributed by atoms with van der Waals surface area (Å²) in [6.07, 6.45) is 2.36. The molecule has 14 nitrogen and oxygen atoms in total. The third-order valence-electron chi connectivity index (χ3n) is 4.10. The fraction of sp³-hybridized carbons (Fsp3) is 0. The van der Waals surface area contributed by atoms with E-state index in [4.69, 9.17) is 4.74 Å². The standard InChI is InChI=1S/C18H10BrN5O9/c19-10-2-5-14(33-15-6-3-11(22(27)28)8-13(15)23(29)30)9(7-10)1-4-12-16(24(31)32)17(25)21-18(26)20-12/h1-8H,(H2,20,21,25,26)/b4-1+. The third kappa shape index (κ3) is 5.16. The molecule has 0 saturated heterocycles. The Morgan fingerprint density at radius 1 is 0.848 bits per heavy atom. The van der Waals surface area contributed by atoms with Crippen LogP contribution in [0, 0.1) is 30.3 Å². The lowest BCUT2D eigenvalue weighted by atomic mass is 10.1. The average molecular weight is 520 g/mol. The maximum Gasteiger partial charge on any atom is 0.357 e. The first-order valence-electron chi connectivity index (χ1n) is 8.66. The number of hydrogen-bond donors (Lipinski definition) is 2. The van der Waals surface area contributed by atoms with E-state index in [0.29, 0.717) is 4.47 Å². The van der Waals surface area contributed by atoms with Crippen molar-refractivity contribution in [1.29, 1.82) is 0 Å². The quantitative estimate of drug-likeness (QED) is 0.345. The monoisotopic (exact) mass is 519 g/mol. The maximum atomic E-state index is 11.8. The van der Waals surface area contributed by atoms with Crippen LogP contribution in [0.4, 0.5) is 17.1 Å². The van der Waals surface area contributed by atoms with E-state index in [1.54, 1.807) is 11.1 Å². The van der Waals surface area contributed by atoms with Crippen molar-refractivity contribution in [2.75, 3.05) is 0 Å². The number of nitrogens with zero attached hydrogens (tertiary/aromatic N) is 3. The number of H-pyrrole nitrogens is 2. The number of nitro benzene ring substituents is 2. The molecule has 1 heterocycles. The molecule has 0 spiro atoms. The van der Waals surface area contributed by atoms with E-state index in [1.807, 2.05) is 0 Å². The van der Waals surface area contributed by atoms with E-state index < -0.39 is 43.1 Å². The summed E-state index contributed by atoms with van der Waals surface area (Å²) in [4.78, 5) is 58.0. The van der Waals surface area contributed by atoms with Crippen LogP contribution in [0.25, 0.3) is 12.2 Å². The Labute approximate surface area is 189 Å². The van der Waals surface area contributed by atoms with Gasteiger partial charge < -0.3 is 9.72 Å². The van der Waals surface area contributed by atoms with Crippen LogP contribution in [0.5, 0.6) is 11.5 Å². The van der Waals surface area contributed by atoms with Gasteiger partial charge in [-0.25, -0.2) is 4.79 Å². The van der Waals surface area contributed by atoms with Crippen LogP contribution in [0.2, 0.25) is 0 Å². The SMILES string of the molecule is O=c1[nH]c(/C=C/c2cc(Br)ccc2Oc2ccc([N+](=O)[O-])cc2[N+](=O)[O-])c([N+](=O)[O-])c(=O)[nH]1. The highest BCUT2D eigenvalue weighted by atomic mass is 79.9. The Morgan fingerprint density at radius 2 is 1.55 bits per heavy atom. The molecule has 3 rings (SSSR count). The summed E-state index contributed by atoms with van der Waals surface area (Å²) >= 11 is 3.24. The number of non-ortho nitro benzene ring substituents is 1. The number of halogens is 1. The Kier molecular flexibility index (Phi) is 6.43. The Morgan fingerprint density at radius 3 is 2.18 bits per heavy atom. The fourth-order valence-corrected chi connectivity index (χ4v) is 3.06. The van der Waals surface area contributed by atoms with Crippen molar-refractivity contribution in [2.45, 2.75) is 0 Å². The molecule has 0 aliphatic carbocycles. The van der Waals surface area contributed by atoms with Crippen LogP contribution in [-0.4, -0.2) is 24.7 Å². The van der Waals surface area contributed by atoms with E-state index >= 15 is 0 Å². The van der Waals surface area contributed by atoms with Crippen LogP contribution < -0.4 is 16.0 Å². The molecule has 15 heteroatoms. The van der Waals surface area contributed by atoms with Crippen molar-refractivity contribution in [3.63, 3.8) is 0 Å². The van der Waals surface area contributed by atoms with Crippen molar-refractivity contribution in [1.82, 2.24) is 9.97 Å². The van der Waals surface area contributed by atoms with Gasteiger partial charge in [-0.3, -0.25) is 40.1 Å². The molecule has 0 fully saturated rings. The number of nitrogens with one attached hydrogen (secondary N) is 2. The fourth-order valence-electron chi connectivity index (χ4n) is 2.68. The summed E-state index contributed by atoms with van der Waals surface area (Å²) in [5, 5.41) is 33.5. The summed E-state index contributed by atoms with van der Waals surface area (Å²) in [5.74, 6) is -0.251. The molecule has 0 aliphatic heterocycles. The molecule has 3 aromatic rings. The predicted octanol–water partition coefficient (Wildman–Crippen LogP) is 3.51. The average Bonchev–Trinajstić information content (AvgIpc) is 2.72. The Bertz CT molecular complexity index is 1440. The van der Waals surface area contributed by atoms with Crippen LogP contribution >= 0.6 is 15.9 Å². The first kappa shape index (κ1) is 23.0. The van der Waals surface area contributed by atoms with Gasteiger partial charge in [0.2, 0.25) is 5.75 Å². The molecular formula is C18H10BrN5O9. The van der Waals surface area contributed by atoms with Gasteiger partial charge in [0.25, 0.3) is 5.69 Å². The van der Waals surface area contributed by atoms with Gasteiger partial charge in [-0.05, 0) is 36.4 Å². The molecule has 0 unspecified atom stereocenters. The molecule has 0 radical (unpaired) electrons. The van der Waals surface area contributed by atoms with Gasteiger partial charge in [-0.2, -0.15) is 0 Å². The predicted molar refractivity (Wildman–Crippen MR) is 117 cm³/mol. The first-order valence-corrected chi connectivity index (χ1v) is 9.45. The summed E-state index contributed by atoms with van der Waals surface area (Å²) in [6, 6.07) is 7.30. The second-order valence-electron chi connectivity index (χ2n) is 6.21. The van der Waals surface area contributed by atoms with Crippen molar-refractivity contribution in [3.8, 4) is 11.5 Å². The zero-order valence-corrected chi connectivity index (χ0v) is 17.6. The number of ether oxygens (including phenoxy) is 1. The van der Waals surface area contributed by atoms with Gasteiger partial charge in [-0.15, -0.1) is 0 Å². The molecular weight excluding hydrogens is 510 g/mol. The van der Waals surface area contributed by atoms with E-state index in [2.05, 4.69) is 20.9 Å². The number of hydrogen-bond acceptors (Lipinski definition) is 9. The number of aromatic nitrogens is 2. The van der Waals surface area contributed by atoms with E-state index in [9.17, 15) is 39.9 Å². The van der Waals surface area contributed by atoms with Crippen LogP contribution in [0.15, 0.2) is 50.5 Å². The summed E-state index contributed by atoms with van der Waals surface area (Å²) in [5.41, 5.74) is -4.36. The summed E-state index contributed by atoms with van der Waals surface area (Å²) in [6.45, 7) is 0. The molecule has 2 aromatic carbocycles. The van der Waals surface area contributed by atoms with Crippen molar-refractivity contribution >= 4 is 45.1 Å². The zero-order valence-electron chi connectivity index (χ0n) is 16.0. The topological polar surface area (TPSA) is 204 Å². The molecule has 0 atom stereocenters. The first-order chi connectivity index (χ1) is 15.6. The largest absolute Gasteiger partial charge is 0.449 e. The van der Waals surface area contributed by atoms with Crippen molar-refractivity contribution in [2.24, 2.45) is 0 Å². The summed E-state index contributed by atoms with van der Waals surface area (Å²) in [7, 11) is 0. The molecule has 1 aromatic heterocycles. The Hall–Kier alpha value is -4.66. The second kappa shape index (κ2) is 9.23. The van der Waals surface area contributed by atoms with Gasteiger partial charge in [-0.1, -0.05) is 15.9 Å². The maximum absolute atomic E-state index is 11.8. The van der Waals surface area contributed by atoms with E-state index in [0.717, 1.165) is 24.3 Å². The highest BCUT2D eigenvalue weighted by Gasteiger charge is 2.22. The second-order valence-corrected chi connectivity index (χ2v) is 7.13. The third-order valence-corrected chi connectivity index (χ3v) is 4.59. The lowest BCUT2D eigenvalue weighted by molar-refractivity contribution is -0.394. The van der Waals surface area contributed by atoms with Crippen LogP contribution in [0.3, 0.4) is 0 Å². The smallest absolute Gasteiger partial charge is 0.357 e. The zero-order chi connectivity index (χ0) is 24.3. The molecule has 168 valence electrons. The molecule has 0 aliphatic rings. The number of aromatic amines is 2.